The van der Waals surface area contributed by atoms with E-state index in [9.17, 15) is 10.1 Å². The Labute approximate surface area is 160 Å². The lowest BCUT2D eigenvalue weighted by Gasteiger charge is -2.02. The number of nitrogens with two attached hydrogens (primary N) is 1. The molecule has 0 aliphatic carbocycles. The average molecular weight is 373 g/mol. The Kier molecular flexibility index (Phi) is 5.24. The van der Waals surface area contributed by atoms with Gasteiger partial charge < -0.3 is 14.9 Å². The summed E-state index contributed by atoms with van der Waals surface area (Å²) in [6.07, 6.45) is 1.49. The summed E-state index contributed by atoms with van der Waals surface area (Å²) < 4.78 is 10.7. The Morgan fingerprint density at radius 3 is 2.68 bits per heavy atom. The number of ether oxygens (including phenoxy) is 1. The molecule has 0 aliphatic rings. The Balaban J connectivity index is 1.87. The highest BCUT2D eigenvalue weighted by Crippen LogP contribution is 2.27. The van der Waals surface area contributed by atoms with E-state index in [4.69, 9.17) is 20.1 Å². The quantitative estimate of drug-likeness (QED) is 0.515. The van der Waals surface area contributed by atoms with Crippen molar-refractivity contribution in [3.63, 3.8) is 0 Å². The van der Waals surface area contributed by atoms with Crippen LogP contribution in [0, 0.1) is 22.7 Å². The molecule has 3 rings (SSSR count). The largest absolute Gasteiger partial charge is 0.462 e. The van der Waals surface area contributed by atoms with Gasteiger partial charge in [-0.1, -0.05) is 12.1 Å². The first-order valence-electron chi connectivity index (χ1n) is 8.30. The average Bonchev–Trinajstić information content (AvgIpc) is 3.32. The van der Waals surface area contributed by atoms with Crippen molar-refractivity contribution in [1.82, 2.24) is 10.2 Å². The van der Waals surface area contributed by atoms with E-state index >= 15 is 0 Å². The maximum Gasteiger partial charge on any atom is 0.338 e. The number of nitrogens with one attached hydrogen (secondary N) is 1. The number of aromatic nitrogens is 2. The molecule has 8 nitrogen and oxygen atoms in total. The second-order valence-corrected chi connectivity index (χ2v) is 5.64. The molecule has 28 heavy (non-hydrogen) atoms. The van der Waals surface area contributed by atoms with Gasteiger partial charge in [0.05, 0.1) is 23.4 Å². The number of allylic oxidation sites excluding steroid dienone is 1. The van der Waals surface area contributed by atoms with Gasteiger partial charge in [-0.15, -0.1) is 0 Å². The molecule has 0 atom stereocenters. The van der Waals surface area contributed by atoms with E-state index in [1.165, 1.54) is 6.08 Å². The number of nitrogen functional groups attached to an aromatic ring is 1. The molecule has 3 N–H and O–H groups in total. The van der Waals surface area contributed by atoms with Gasteiger partial charge in [-0.3, -0.25) is 5.10 Å². The van der Waals surface area contributed by atoms with Crippen molar-refractivity contribution in [1.29, 1.82) is 10.5 Å². The maximum atomic E-state index is 11.7. The lowest BCUT2D eigenvalue weighted by Crippen LogP contribution is -2.03. The number of anilines is 1. The number of hydrogen-bond donors (Lipinski definition) is 2. The third kappa shape index (κ3) is 3.62. The highest BCUT2D eigenvalue weighted by Gasteiger charge is 2.15. The number of nitriles is 2. The van der Waals surface area contributed by atoms with Crippen LogP contribution in [-0.4, -0.2) is 22.8 Å². The Bertz CT molecular complexity index is 1120. The summed E-state index contributed by atoms with van der Waals surface area (Å²) in [6, 6.07) is 14.2. The van der Waals surface area contributed by atoms with Crippen LogP contribution in [0.15, 0.2) is 40.8 Å². The number of H-pyrrole nitrogens is 1. The van der Waals surface area contributed by atoms with E-state index in [0.29, 0.717) is 23.7 Å². The number of furan rings is 1. The van der Waals surface area contributed by atoms with Gasteiger partial charge in [0, 0.05) is 11.6 Å². The highest BCUT2D eigenvalue weighted by molar-refractivity contribution is 5.91. The van der Waals surface area contributed by atoms with Crippen LogP contribution in [0.2, 0.25) is 0 Å². The van der Waals surface area contributed by atoms with Crippen molar-refractivity contribution in [3.05, 3.63) is 59.0 Å². The van der Waals surface area contributed by atoms with Gasteiger partial charge in [0.25, 0.3) is 0 Å². The van der Waals surface area contributed by atoms with Gasteiger partial charge in [0.2, 0.25) is 0 Å². The summed E-state index contributed by atoms with van der Waals surface area (Å²) in [7, 11) is 0. The van der Waals surface area contributed by atoms with E-state index in [0.717, 1.165) is 5.56 Å². The van der Waals surface area contributed by atoms with Crippen LogP contribution in [0.25, 0.3) is 23.0 Å². The minimum Gasteiger partial charge on any atom is -0.462 e. The summed E-state index contributed by atoms with van der Waals surface area (Å²) in [4.78, 5) is 11.7. The second-order valence-electron chi connectivity index (χ2n) is 5.64. The van der Waals surface area contributed by atoms with Crippen LogP contribution in [0.4, 0.5) is 5.82 Å². The molecule has 0 saturated heterocycles. The molecule has 8 heteroatoms. The Morgan fingerprint density at radius 1 is 1.29 bits per heavy atom. The topological polar surface area (TPSA) is 142 Å². The highest BCUT2D eigenvalue weighted by atomic mass is 16.5. The van der Waals surface area contributed by atoms with Crippen molar-refractivity contribution in [2.75, 3.05) is 12.3 Å². The molecular formula is C20H15N5O3. The van der Waals surface area contributed by atoms with Crippen molar-refractivity contribution in [3.8, 4) is 23.5 Å². The summed E-state index contributed by atoms with van der Waals surface area (Å²) in [6.45, 7) is 2.06. The summed E-state index contributed by atoms with van der Waals surface area (Å²) in [5, 5.41) is 24.9. The van der Waals surface area contributed by atoms with Gasteiger partial charge >= 0.3 is 5.97 Å². The number of aromatic amines is 1. The van der Waals surface area contributed by atoms with E-state index in [1.54, 1.807) is 43.3 Å². The standard InChI is InChI=1S/C20H15N5O3/c1-2-27-20(26)13-5-3-12(4-6-13)17-8-7-15(28-17)9-14(10-21)18-16(11-22)19(23)25-24-18/h3-9H,2H2,1H3,(H3,23,24,25). The van der Waals surface area contributed by atoms with Crippen molar-refractivity contribution in [2.45, 2.75) is 6.92 Å². The van der Waals surface area contributed by atoms with Gasteiger partial charge in [-0.25, -0.2) is 4.79 Å². The lowest BCUT2D eigenvalue weighted by molar-refractivity contribution is 0.0526. The zero-order valence-electron chi connectivity index (χ0n) is 14.9. The molecular weight excluding hydrogens is 358 g/mol. The fourth-order valence-electron chi connectivity index (χ4n) is 2.54. The Hall–Kier alpha value is -4.30. The normalized spacial score (nSPS) is 10.9. The number of rotatable bonds is 5. The first-order valence-corrected chi connectivity index (χ1v) is 8.30. The maximum absolute atomic E-state index is 11.7. The zero-order valence-corrected chi connectivity index (χ0v) is 14.9. The molecule has 0 saturated carbocycles. The van der Waals surface area contributed by atoms with E-state index in [2.05, 4.69) is 10.2 Å². The minimum atomic E-state index is -0.386. The fraction of sp³-hybridized carbons (Fsp3) is 0.100. The second kappa shape index (κ2) is 7.94. The van der Waals surface area contributed by atoms with Crippen molar-refractivity contribution < 1.29 is 13.9 Å². The third-order valence-corrected chi connectivity index (χ3v) is 3.89. The molecule has 3 aromatic rings. The SMILES string of the molecule is CCOC(=O)c1ccc(-c2ccc(C=C(C#N)c3[nH]nc(N)c3C#N)o2)cc1. The van der Waals surface area contributed by atoms with Crippen LogP contribution in [0.1, 0.15) is 34.3 Å². The number of carbonyl (C=O) groups excluding carboxylic acids is 1. The van der Waals surface area contributed by atoms with Crippen molar-refractivity contribution >= 4 is 23.4 Å². The van der Waals surface area contributed by atoms with E-state index in [1.807, 2.05) is 12.1 Å². The molecule has 0 bridgehead atoms. The predicted octanol–water partition coefficient (Wildman–Crippen LogP) is 3.36. The molecule has 0 unspecified atom stereocenters. The first-order chi connectivity index (χ1) is 13.6. The lowest BCUT2D eigenvalue weighted by atomic mass is 10.1. The fourth-order valence-corrected chi connectivity index (χ4v) is 2.54. The van der Waals surface area contributed by atoms with E-state index in [-0.39, 0.29) is 28.6 Å². The minimum absolute atomic E-state index is 0.0282. The summed E-state index contributed by atoms with van der Waals surface area (Å²) in [5.74, 6) is 0.616. The summed E-state index contributed by atoms with van der Waals surface area (Å²) in [5.41, 5.74) is 7.33. The van der Waals surface area contributed by atoms with Gasteiger partial charge in [-0.2, -0.15) is 15.6 Å². The first kappa shape index (κ1) is 18.5. The molecule has 0 radical (unpaired) electrons. The van der Waals surface area contributed by atoms with Gasteiger partial charge in [-0.05, 0) is 31.2 Å². The predicted molar refractivity (Wildman–Crippen MR) is 101 cm³/mol. The smallest absolute Gasteiger partial charge is 0.338 e. The molecule has 2 aromatic heterocycles. The molecule has 0 amide bonds. The number of benzene rings is 1. The third-order valence-electron chi connectivity index (χ3n) is 3.89. The number of hydrogen-bond acceptors (Lipinski definition) is 7. The van der Waals surface area contributed by atoms with Crippen molar-refractivity contribution in [2.24, 2.45) is 0 Å². The van der Waals surface area contributed by atoms with Crippen LogP contribution in [-0.2, 0) is 4.74 Å². The molecule has 138 valence electrons. The number of carbonyl (C=O) groups is 1. The number of nitrogens with zero attached hydrogens (tertiary/aromatic N) is 3. The van der Waals surface area contributed by atoms with Crippen LogP contribution in [0.3, 0.4) is 0 Å². The molecule has 2 heterocycles. The molecule has 0 aliphatic heterocycles. The number of esters is 1. The Morgan fingerprint density at radius 2 is 2.04 bits per heavy atom. The summed E-state index contributed by atoms with van der Waals surface area (Å²) >= 11 is 0. The molecule has 0 fully saturated rings. The van der Waals surface area contributed by atoms with Crippen LogP contribution >= 0.6 is 0 Å². The van der Waals surface area contributed by atoms with Gasteiger partial charge in [0.1, 0.15) is 29.2 Å². The van der Waals surface area contributed by atoms with Crippen LogP contribution in [0.5, 0.6) is 0 Å². The van der Waals surface area contributed by atoms with Gasteiger partial charge in [0.15, 0.2) is 5.82 Å². The van der Waals surface area contributed by atoms with Crippen LogP contribution < -0.4 is 5.73 Å². The zero-order chi connectivity index (χ0) is 20.1. The monoisotopic (exact) mass is 373 g/mol. The molecule has 1 aromatic carbocycles. The van der Waals surface area contributed by atoms with E-state index < -0.39 is 0 Å². The molecule has 0 spiro atoms.